The molecule has 2 heterocycles. The molecular formula is C20H21FN2O3. The zero-order valence-electron chi connectivity index (χ0n) is 14.4. The van der Waals surface area contributed by atoms with E-state index in [9.17, 15) is 14.0 Å². The molecule has 4 rings (SSSR count). The lowest BCUT2D eigenvalue weighted by Gasteiger charge is -2.43. The first-order valence-corrected chi connectivity index (χ1v) is 8.94. The molecule has 1 N–H and O–H groups in total. The monoisotopic (exact) mass is 356 g/mol. The molecule has 1 unspecified atom stereocenters. The van der Waals surface area contributed by atoms with Crippen molar-refractivity contribution in [2.45, 2.75) is 37.8 Å². The lowest BCUT2D eigenvalue weighted by molar-refractivity contribution is -0.130. The fourth-order valence-electron chi connectivity index (χ4n) is 3.81. The van der Waals surface area contributed by atoms with Crippen molar-refractivity contribution >= 4 is 11.8 Å². The predicted octanol–water partition coefficient (Wildman–Crippen LogP) is 2.96. The van der Waals surface area contributed by atoms with Crippen LogP contribution in [0.15, 0.2) is 47.1 Å². The molecule has 1 saturated carbocycles. The Balaban J connectivity index is 1.43. The van der Waals surface area contributed by atoms with Crippen molar-refractivity contribution in [3.05, 3.63) is 59.8 Å². The smallest absolute Gasteiger partial charge is 0.226 e. The van der Waals surface area contributed by atoms with Crippen LogP contribution in [-0.2, 0) is 21.7 Å². The minimum Gasteiger partial charge on any atom is -0.467 e. The van der Waals surface area contributed by atoms with Gasteiger partial charge in [-0.1, -0.05) is 12.1 Å². The molecule has 1 atom stereocenters. The van der Waals surface area contributed by atoms with E-state index in [-0.39, 0.29) is 30.0 Å². The molecule has 2 aliphatic rings. The number of benzene rings is 1. The van der Waals surface area contributed by atoms with Crippen molar-refractivity contribution in [1.82, 2.24) is 10.2 Å². The highest BCUT2D eigenvalue weighted by atomic mass is 19.1. The van der Waals surface area contributed by atoms with Crippen LogP contribution in [0.1, 0.15) is 37.0 Å². The van der Waals surface area contributed by atoms with E-state index in [0.717, 1.165) is 24.8 Å². The average molecular weight is 356 g/mol. The van der Waals surface area contributed by atoms with Crippen molar-refractivity contribution in [1.29, 1.82) is 0 Å². The van der Waals surface area contributed by atoms with E-state index in [0.29, 0.717) is 18.8 Å². The van der Waals surface area contributed by atoms with Gasteiger partial charge in [-0.15, -0.1) is 0 Å². The van der Waals surface area contributed by atoms with E-state index >= 15 is 0 Å². The summed E-state index contributed by atoms with van der Waals surface area (Å²) in [5.74, 6) is -0.0867. The number of hydrogen-bond acceptors (Lipinski definition) is 3. The van der Waals surface area contributed by atoms with Crippen LogP contribution in [0.3, 0.4) is 0 Å². The van der Waals surface area contributed by atoms with Crippen LogP contribution in [0.2, 0.25) is 0 Å². The first-order chi connectivity index (χ1) is 12.6. The lowest BCUT2D eigenvalue weighted by Crippen LogP contribution is -2.52. The van der Waals surface area contributed by atoms with Crippen LogP contribution < -0.4 is 5.32 Å². The summed E-state index contributed by atoms with van der Waals surface area (Å²) < 4.78 is 18.5. The number of halogens is 1. The Morgan fingerprint density at radius 3 is 2.65 bits per heavy atom. The SMILES string of the molecule is O=C(NC1(c2ccc(F)cc2)CCC1)C1CC(=O)N(Cc2ccco2)C1. The molecule has 136 valence electrons. The zero-order valence-corrected chi connectivity index (χ0v) is 14.4. The molecule has 5 nitrogen and oxygen atoms in total. The number of hydrogen-bond donors (Lipinski definition) is 1. The number of nitrogens with zero attached hydrogens (tertiary/aromatic N) is 1. The van der Waals surface area contributed by atoms with Crippen LogP contribution >= 0.6 is 0 Å². The standard InChI is InChI=1S/C20H21FN2O3/c21-16-6-4-15(5-7-16)20(8-2-9-20)22-19(25)14-11-18(24)23(12-14)13-17-3-1-10-26-17/h1,3-7,10,14H,2,8-9,11-13H2,(H,22,25). The van der Waals surface area contributed by atoms with Gasteiger partial charge in [0.05, 0.1) is 24.3 Å². The first kappa shape index (κ1) is 16.8. The molecule has 6 heteroatoms. The van der Waals surface area contributed by atoms with E-state index < -0.39 is 5.54 Å². The summed E-state index contributed by atoms with van der Waals surface area (Å²) in [6.07, 6.45) is 4.48. The fraction of sp³-hybridized carbons (Fsp3) is 0.400. The molecule has 0 spiro atoms. The summed E-state index contributed by atoms with van der Waals surface area (Å²) in [7, 11) is 0. The molecule has 0 radical (unpaired) electrons. The number of furan rings is 1. The van der Waals surface area contributed by atoms with E-state index in [2.05, 4.69) is 5.32 Å². The van der Waals surface area contributed by atoms with Gasteiger partial charge >= 0.3 is 0 Å². The van der Waals surface area contributed by atoms with Crippen molar-refractivity contribution in [3.63, 3.8) is 0 Å². The van der Waals surface area contributed by atoms with Crippen LogP contribution in [0.5, 0.6) is 0 Å². The van der Waals surface area contributed by atoms with E-state index in [1.807, 2.05) is 6.07 Å². The zero-order chi connectivity index (χ0) is 18.1. The van der Waals surface area contributed by atoms with Crippen molar-refractivity contribution < 1.29 is 18.4 Å². The van der Waals surface area contributed by atoms with Crippen LogP contribution in [-0.4, -0.2) is 23.3 Å². The van der Waals surface area contributed by atoms with Gasteiger partial charge < -0.3 is 14.6 Å². The minimum atomic E-state index is -0.428. The highest BCUT2D eigenvalue weighted by Gasteiger charge is 2.43. The summed E-state index contributed by atoms with van der Waals surface area (Å²) in [5.41, 5.74) is 0.498. The second-order valence-corrected chi connectivity index (χ2v) is 7.19. The molecule has 1 aromatic carbocycles. The molecule has 1 saturated heterocycles. The first-order valence-electron chi connectivity index (χ1n) is 8.94. The van der Waals surface area contributed by atoms with E-state index in [4.69, 9.17) is 4.42 Å². The van der Waals surface area contributed by atoms with Crippen molar-refractivity contribution in [2.24, 2.45) is 5.92 Å². The van der Waals surface area contributed by atoms with Gasteiger partial charge in [0.1, 0.15) is 11.6 Å². The molecular weight excluding hydrogens is 335 g/mol. The minimum absolute atomic E-state index is 0.0361. The summed E-state index contributed by atoms with van der Waals surface area (Å²) >= 11 is 0. The van der Waals surface area contributed by atoms with Crippen LogP contribution in [0, 0.1) is 11.7 Å². The quantitative estimate of drug-likeness (QED) is 0.896. The second kappa shape index (κ2) is 6.59. The summed E-state index contributed by atoms with van der Waals surface area (Å²) in [5, 5.41) is 3.14. The Hall–Kier alpha value is -2.63. The highest BCUT2D eigenvalue weighted by Crippen LogP contribution is 2.41. The summed E-state index contributed by atoms with van der Waals surface area (Å²) in [4.78, 5) is 26.7. The summed E-state index contributed by atoms with van der Waals surface area (Å²) in [6.45, 7) is 0.781. The van der Waals surface area contributed by atoms with Gasteiger partial charge in [-0.2, -0.15) is 0 Å². The molecule has 1 aliphatic carbocycles. The Morgan fingerprint density at radius 1 is 1.27 bits per heavy atom. The third-order valence-corrected chi connectivity index (χ3v) is 5.48. The Kier molecular flexibility index (Phi) is 4.26. The van der Waals surface area contributed by atoms with Crippen molar-refractivity contribution in [3.8, 4) is 0 Å². The number of likely N-dealkylation sites (tertiary alicyclic amines) is 1. The fourth-order valence-corrected chi connectivity index (χ4v) is 3.81. The van der Waals surface area contributed by atoms with Crippen LogP contribution in [0.25, 0.3) is 0 Å². The van der Waals surface area contributed by atoms with Gasteiger partial charge in [0, 0.05) is 13.0 Å². The van der Waals surface area contributed by atoms with Gasteiger partial charge in [0.25, 0.3) is 0 Å². The average Bonchev–Trinajstić information content (AvgIpc) is 3.23. The van der Waals surface area contributed by atoms with Gasteiger partial charge in [0.2, 0.25) is 11.8 Å². The number of carbonyl (C=O) groups is 2. The molecule has 2 fully saturated rings. The molecule has 0 bridgehead atoms. The maximum atomic E-state index is 13.2. The largest absolute Gasteiger partial charge is 0.467 e. The molecule has 1 aromatic heterocycles. The molecule has 2 aromatic rings. The Labute approximate surface area is 151 Å². The molecule has 1 aliphatic heterocycles. The third kappa shape index (κ3) is 3.11. The Morgan fingerprint density at radius 2 is 2.04 bits per heavy atom. The highest BCUT2D eigenvalue weighted by molar-refractivity contribution is 5.89. The maximum absolute atomic E-state index is 13.2. The summed E-state index contributed by atoms with van der Waals surface area (Å²) in [6, 6.07) is 9.91. The lowest BCUT2D eigenvalue weighted by atomic mass is 9.71. The Bertz CT molecular complexity index is 797. The number of rotatable bonds is 5. The predicted molar refractivity (Wildman–Crippen MR) is 92.3 cm³/mol. The topological polar surface area (TPSA) is 62.6 Å². The molecule has 26 heavy (non-hydrogen) atoms. The second-order valence-electron chi connectivity index (χ2n) is 7.19. The normalized spacial score (nSPS) is 21.5. The van der Waals surface area contributed by atoms with Crippen LogP contribution in [0.4, 0.5) is 4.39 Å². The molecule has 2 amide bonds. The maximum Gasteiger partial charge on any atom is 0.226 e. The number of amides is 2. The van der Waals surface area contributed by atoms with Gasteiger partial charge in [-0.3, -0.25) is 9.59 Å². The van der Waals surface area contributed by atoms with Gasteiger partial charge in [-0.05, 0) is 49.1 Å². The third-order valence-electron chi connectivity index (χ3n) is 5.48. The van der Waals surface area contributed by atoms with E-state index in [1.54, 1.807) is 29.4 Å². The van der Waals surface area contributed by atoms with Gasteiger partial charge in [0.15, 0.2) is 0 Å². The number of nitrogens with one attached hydrogen (secondary N) is 1. The van der Waals surface area contributed by atoms with Crippen molar-refractivity contribution in [2.75, 3.05) is 6.54 Å². The number of carbonyl (C=O) groups excluding carboxylic acids is 2. The van der Waals surface area contributed by atoms with Gasteiger partial charge in [-0.25, -0.2) is 4.39 Å². The van der Waals surface area contributed by atoms with E-state index in [1.165, 1.54) is 12.1 Å².